The second kappa shape index (κ2) is 4.82. The van der Waals surface area contributed by atoms with Crippen molar-refractivity contribution in [1.29, 1.82) is 0 Å². The molecule has 1 atom stereocenters. The summed E-state index contributed by atoms with van der Waals surface area (Å²) in [5.74, 6) is -1.24. The Morgan fingerprint density at radius 2 is 2.18 bits per heavy atom. The largest absolute Gasteiger partial charge is 0.477 e. The number of rotatable bonds is 4. The van der Waals surface area contributed by atoms with E-state index in [1.807, 2.05) is 0 Å². The normalized spacial score (nSPS) is 12.8. The van der Waals surface area contributed by atoms with Gasteiger partial charge in [-0.3, -0.25) is 0 Å². The number of carbonyl (C=O) groups is 1. The molecule has 11 heavy (non-hydrogen) atoms. The van der Waals surface area contributed by atoms with Crippen molar-refractivity contribution in [1.82, 2.24) is 0 Å². The predicted molar refractivity (Wildman–Crippen MR) is 39.5 cm³/mol. The first kappa shape index (κ1) is 10.1. The summed E-state index contributed by atoms with van der Waals surface area (Å²) in [6.45, 7) is 0. The molecule has 0 rings (SSSR count). The van der Waals surface area contributed by atoms with E-state index in [2.05, 4.69) is 0 Å². The minimum atomic E-state index is -1.75. The minimum absolute atomic E-state index is 0.00394. The number of nitrogens with two attached hydrogens (primary N) is 1. The minimum Gasteiger partial charge on any atom is -0.477 e. The van der Waals surface area contributed by atoms with Gasteiger partial charge in [0, 0.05) is 0 Å². The molecule has 0 heterocycles. The summed E-state index contributed by atoms with van der Waals surface area (Å²) in [6, 6.07) is 0. The maximum atomic E-state index is 10.5. The fourth-order valence-electron chi connectivity index (χ4n) is 0.345. The van der Waals surface area contributed by atoms with Crippen molar-refractivity contribution in [2.75, 3.05) is 12.5 Å². The Balaban J connectivity index is 3.92. The molecule has 4 N–H and O–H groups in total. The third-order valence-electron chi connectivity index (χ3n) is 0.920. The number of hydrogen-bond donors (Lipinski definition) is 3. The van der Waals surface area contributed by atoms with Gasteiger partial charge in [0.2, 0.25) is 6.35 Å². The Bertz CT molecular complexity index is 201. The van der Waals surface area contributed by atoms with Gasteiger partial charge in [-0.2, -0.15) is 0 Å². The topological polar surface area (TPSA) is 101 Å². The van der Waals surface area contributed by atoms with Crippen molar-refractivity contribution in [3.8, 4) is 0 Å². The van der Waals surface area contributed by atoms with E-state index in [1.54, 1.807) is 0 Å². The van der Waals surface area contributed by atoms with Gasteiger partial charge in [-0.25, -0.2) is 4.79 Å². The fourth-order valence-corrected chi connectivity index (χ4v) is 0.861. The molecule has 0 saturated carbocycles. The number of aliphatic hydroxyl groups excluding tert-OH is 1. The molecular formula is C5H9NO4P+. The van der Waals surface area contributed by atoms with Crippen molar-refractivity contribution in [2.24, 2.45) is 5.73 Å². The average molecular weight is 178 g/mol. The van der Waals surface area contributed by atoms with Gasteiger partial charge in [0.1, 0.15) is 5.70 Å². The highest BCUT2D eigenvalue weighted by Gasteiger charge is 2.11. The zero-order valence-corrected chi connectivity index (χ0v) is 6.62. The number of aliphatic hydroxyl groups is 1. The molecule has 0 aliphatic heterocycles. The zero-order valence-electron chi connectivity index (χ0n) is 5.73. The highest BCUT2D eigenvalue weighted by molar-refractivity contribution is 7.44. The number of hydrogen-bond acceptors (Lipinski definition) is 4. The predicted octanol–water partition coefficient (Wildman–Crippen LogP) is -0.309. The summed E-state index contributed by atoms with van der Waals surface area (Å²) in [7, 11) is -1.75. The Hall–Kier alpha value is -0.930. The fraction of sp³-hybridized carbons (Fsp3) is 0.400. The summed E-state index contributed by atoms with van der Waals surface area (Å²) in [6.07, 6.45) is 0.681. The summed E-state index contributed by atoms with van der Waals surface area (Å²) < 4.78 is 10.5. The van der Waals surface area contributed by atoms with E-state index in [0.717, 1.165) is 6.08 Å². The molecule has 0 fully saturated rings. The molecule has 0 saturated heterocycles. The smallest absolute Gasteiger partial charge is 0.370 e. The summed E-state index contributed by atoms with van der Waals surface area (Å²) in [4.78, 5) is 10.0. The van der Waals surface area contributed by atoms with Crippen LogP contribution in [0.1, 0.15) is 0 Å². The molecule has 0 aromatic rings. The van der Waals surface area contributed by atoms with Crippen LogP contribution in [0.3, 0.4) is 0 Å². The van der Waals surface area contributed by atoms with E-state index in [-0.39, 0.29) is 11.9 Å². The van der Waals surface area contributed by atoms with Crippen LogP contribution < -0.4 is 5.73 Å². The molecule has 0 spiro atoms. The monoisotopic (exact) mass is 178 g/mol. The van der Waals surface area contributed by atoms with E-state index < -0.39 is 20.1 Å². The van der Waals surface area contributed by atoms with Crippen LogP contribution in [-0.2, 0) is 9.36 Å². The number of allylic oxidation sites excluding steroid dienone is 1. The molecule has 0 aromatic heterocycles. The highest BCUT2D eigenvalue weighted by atomic mass is 31.1. The van der Waals surface area contributed by atoms with Crippen LogP contribution in [0.4, 0.5) is 0 Å². The van der Waals surface area contributed by atoms with Crippen LogP contribution in [0.15, 0.2) is 11.8 Å². The molecule has 0 aliphatic carbocycles. The zero-order chi connectivity index (χ0) is 8.85. The van der Waals surface area contributed by atoms with Crippen LogP contribution in [0, 0.1) is 0 Å². The van der Waals surface area contributed by atoms with Gasteiger partial charge < -0.3 is 15.9 Å². The molecule has 0 amide bonds. The molecule has 62 valence electrons. The van der Waals surface area contributed by atoms with Crippen LogP contribution in [0.25, 0.3) is 0 Å². The van der Waals surface area contributed by atoms with Gasteiger partial charge in [0.15, 0.2) is 6.16 Å². The molecule has 0 bridgehead atoms. The van der Waals surface area contributed by atoms with E-state index in [9.17, 15) is 9.36 Å². The van der Waals surface area contributed by atoms with Gasteiger partial charge in [0.05, 0.1) is 0 Å². The quantitative estimate of drug-likeness (QED) is 0.405. The lowest BCUT2D eigenvalue weighted by atomic mass is 10.4. The lowest BCUT2D eigenvalue weighted by molar-refractivity contribution is -0.132. The lowest BCUT2D eigenvalue weighted by Gasteiger charge is -1.87. The first-order valence-corrected chi connectivity index (χ1v) is 4.42. The number of carboxylic acid groups (broad SMARTS) is 1. The molecule has 1 unspecified atom stereocenters. The standard InChI is InChI=1S/C5H8NO4P/c6-4(5(8)9)1-2-11(10)3-7/h1,7H,2-3,6H2/p+1. The van der Waals surface area contributed by atoms with Crippen molar-refractivity contribution in [3.63, 3.8) is 0 Å². The Morgan fingerprint density at radius 1 is 1.64 bits per heavy atom. The highest BCUT2D eigenvalue weighted by Crippen LogP contribution is 2.17. The molecular weight excluding hydrogens is 169 g/mol. The first-order chi connectivity index (χ1) is 5.07. The third-order valence-corrected chi connectivity index (χ3v) is 1.82. The molecule has 0 aromatic carbocycles. The number of aliphatic carboxylic acids is 1. The van der Waals surface area contributed by atoms with Crippen LogP contribution in [-0.4, -0.2) is 28.7 Å². The van der Waals surface area contributed by atoms with Gasteiger partial charge >= 0.3 is 13.8 Å². The second-order valence-corrected chi connectivity index (χ2v) is 3.38. The first-order valence-electron chi connectivity index (χ1n) is 2.79. The SMILES string of the molecule is NC(=CC[P+](=O)CO)C(=O)O. The molecule has 6 heteroatoms. The van der Waals surface area contributed by atoms with Gasteiger partial charge in [-0.15, -0.1) is 0 Å². The summed E-state index contributed by atoms with van der Waals surface area (Å²) >= 11 is 0. The van der Waals surface area contributed by atoms with Gasteiger partial charge in [-0.1, -0.05) is 4.57 Å². The Morgan fingerprint density at radius 3 is 2.55 bits per heavy atom. The maximum Gasteiger partial charge on any atom is 0.370 e. The van der Waals surface area contributed by atoms with Crippen LogP contribution in [0.2, 0.25) is 0 Å². The van der Waals surface area contributed by atoms with Crippen molar-refractivity contribution >= 4 is 13.8 Å². The molecule has 0 aliphatic rings. The lowest BCUT2D eigenvalue weighted by Crippen LogP contribution is -2.09. The molecule has 5 nitrogen and oxygen atoms in total. The van der Waals surface area contributed by atoms with E-state index in [0.29, 0.717) is 0 Å². The van der Waals surface area contributed by atoms with E-state index in [1.165, 1.54) is 0 Å². The van der Waals surface area contributed by atoms with Crippen LogP contribution in [0.5, 0.6) is 0 Å². The summed E-state index contributed by atoms with van der Waals surface area (Å²) in [5, 5.41) is 16.5. The Labute approximate surface area is 64.3 Å². The number of carboxylic acids is 1. The van der Waals surface area contributed by atoms with Gasteiger partial charge in [-0.05, 0) is 6.08 Å². The van der Waals surface area contributed by atoms with E-state index >= 15 is 0 Å². The van der Waals surface area contributed by atoms with Crippen molar-refractivity contribution in [3.05, 3.63) is 11.8 Å². The average Bonchev–Trinajstić information content (AvgIpc) is 1.99. The molecule has 0 radical (unpaired) electrons. The van der Waals surface area contributed by atoms with Crippen molar-refractivity contribution in [2.45, 2.75) is 0 Å². The second-order valence-electron chi connectivity index (χ2n) is 1.77. The van der Waals surface area contributed by atoms with Gasteiger partial charge in [0.25, 0.3) is 0 Å². The van der Waals surface area contributed by atoms with Crippen LogP contribution >= 0.6 is 7.80 Å². The summed E-state index contributed by atoms with van der Waals surface area (Å²) in [5.41, 5.74) is 4.63. The van der Waals surface area contributed by atoms with Crippen molar-refractivity contribution < 1.29 is 19.6 Å². The Kier molecular flexibility index (Phi) is 4.41. The van der Waals surface area contributed by atoms with E-state index in [4.69, 9.17) is 15.9 Å². The third kappa shape index (κ3) is 4.47. The maximum absolute atomic E-state index is 10.5.